The molecule has 25 heavy (non-hydrogen) atoms. The lowest BCUT2D eigenvalue weighted by atomic mass is 10.1. The van der Waals surface area contributed by atoms with Crippen LogP contribution in [0.3, 0.4) is 0 Å². The van der Waals surface area contributed by atoms with Crippen LogP contribution in [0.15, 0.2) is 52.2 Å². The summed E-state index contributed by atoms with van der Waals surface area (Å²) in [5.41, 5.74) is 0.837. The molecule has 1 atom stereocenters. The van der Waals surface area contributed by atoms with Crippen molar-refractivity contribution in [1.82, 2.24) is 19.9 Å². The van der Waals surface area contributed by atoms with Gasteiger partial charge >= 0.3 is 11.1 Å². The van der Waals surface area contributed by atoms with Crippen LogP contribution in [0.2, 0.25) is 0 Å². The van der Waals surface area contributed by atoms with Gasteiger partial charge in [-0.3, -0.25) is 19.4 Å². The molecule has 1 aliphatic rings. The van der Waals surface area contributed by atoms with Crippen molar-refractivity contribution in [2.75, 3.05) is 6.54 Å². The fraction of sp³-hybridized carbons (Fsp3) is 0.222. The van der Waals surface area contributed by atoms with Gasteiger partial charge in [0.1, 0.15) is 0 Å². The normalized spacial score (nSPS) is 17.1. The Labute approximate surface area is 142 Å². The standard InChI is InChI=1S/C18H16N4O3/c23-16-17(24)21-14-10-11(6-7-12(14)20-16)18(25)22-9-3-5-15(22)13-4-1-2-8-19-13/h1-2,4,6-8,10,15H,3,5,9H2,(H,20,23)(H,21,24). The molecular formula is C18H16N4O3. The van der Waals surface area contributed by atoms with E-state index in [1.807, 2.05) is 23.1 Å². The Balaban J connectivity index is 1.70. The van der Waals surface area contributed by atoms with Crippen LogP contribution in [0.1, 0.15) is 34.9 Å². The predicted molar refractivity (Wildman–Crippen MR) is 92.4 cm³/mol. The highest BCUT2D eigenvalue weighted by Gasteiger charge is 2.31. The van der Waals surface area contributed by atoms with Crippen LogP contribution < -0.4 is 11.1 Å². The monoisotopic (exact) mass is 336 g/mol. The lowest BCUT2D eigenvalue weighted by molar-refractivity contribution is 0.0733. The van der Waals surface area contributed by atoms with Crippen LogP contribution in [-0.2, 0) is 0 Å². The molecule has 2 N–H and O–H groups in total. The fourth-order valence-corrected chi connectivity index (χ4v) is 3.30. The van der Waals surface area contributed by atoms with Crippen molar-refractivity contribution in [1.29, 1.82) is 0 Å². The molecule has 0 bridgehead atoms. The number of hydrogen-bond acceptors (Lipinski definition) is 4. The Morgan fingerprint density at radius 2 is 1.88 bits per heavy atom. The minimum atomic E-state index is -0.732. The number of benzene rings is 1. The topological polar surface area (TPSA) is 98.9 Å². The highest BCUT2D eigenvalue weighted by atomic mass is 16.2. The molecule has 1 unspecified atom stereocenters. The van der Waals surface area contributed by atoms with E-state index in [0.717, 1.165) is 18.5 Å². The first-order chi connectivity index (χ1) is 12.1. The summed E-state index contributed by atoms with van der Waals surface area (Å²) in [6, 6.07) is 10.5. The molecule has 1 saturated heterocycles. The van der Waals surface area contributed by atoms with Gasteiger partial charge in [0, 0.05) is 18.3 Å². The number of H-pyrrole nitrogens is 2. The summed E-state index contributed by atoms with van der Waals surface area (Å²) in [6.07, 6.45) is 3.53. The Kier molecular flexibility index (Phi) is 3.68. The zero-order chi connectivity index (χ0) is 17.4. The average Bonchev–Trinajstić information content (AvgIpc) is 3.12. The van der Waals surface area contributed by atoms with Crippen molar-refractivity contribution in [3.05, 3.63) is 74.6 Å². The maximum Gasteiger partial charge on any atom is 0.314 e. The van der Waals surface area contributed by atoms with Crippen molar-refractivity contribution < 1.29 is 4.79 Å². The molecular weight excluding hydrogens is 320 g/mol. The molecule has 3 aromatic rings. The summed E-state index contributed by atoms with van der Waals surface area (Å²) in [4.78, 5) is 47.0. The Morgan fingerprint density at radius 3 is 2.64 bits per heavy atom. The van der Waals surface area contributed by atoms with Crippen LogP contribution >= 0.6 is 0 Å². The maximum atomic E-state index is 13.0. The van der Waals surface area contributed by atoms with Crippen LogP contribution in [0.25, 0.3) is 11.0 Å². The lowest BCUT2D eigenvalue weighted by Crippen LogP contribution is -2.31. The molecule has 7 heteroatoms. The quantitative estimate of drug-likeness (QED) is 0.694. The number of nitrogens with zero attached hydrogens (tertiary/aromatic N) is 2. The second-order valence-corrected chi connectivity index (χ2v) is 6.08. The van der Waals surface area contributed by atoms with Gasteiger partial charge in [0.05, 0.1) is 22.8 Å². The molecule has 3 heterocycles. The largest absolute Gasteiger partial charge is 0.330 e. The van der Waals surface area contributed by atoms with Crippen molar-refractivity contribution in [2.24, 2.45) is 0 Å². The van der Waals surface area contributed by atoms with Crippen molar-refractivity contribution in [3.63, 3.8) is 0 Å². The van der Waals surface area contributed by atoms with Crippen LogP contribution in [0.4, 0.5) is 0 Å². The maximum absolute atomic E-state index is 13.0. The molecule has 4 rings (SSSR count). The van der Waals surface area contributed by atoms with Crippen molar-refractivity contribution in [3.8, 4) is 0 Å². The SMILES string of the molecule is O=C(c1ccc2[nH]c(=O)c(=O)[nH]c2c1)N1CCCC1c1ccccn1. The van der Waals surface area contributed by atoms with Gasteiger partial charge < -0.3 is 14.9 Å². The summed E-state index contributed by atoms with van der Waals surface area (Å²) in [6.45, 7) is 0.667. The van der Waals surface area contributed by atoms with E-state index in [-0.39, 0.29) is 11.9 Å². The predicted octanol–water partition coefficient (Wildman–Crippen LogP) is 1.59. The summed E-state index contributed by atoms with van der Waals surface area (Å²) in [5, 5.41) is 0. The molecule has 0 aliphatic carbocycles. The first-order valence-electron chi connectivity index (χ1n) is 8.12. The molecule has 1 amide bonds. The Morgan fingerprint density at radius 1 is 1.08 bits per heavy atom. The van der Waals surface area contributed by atoms with Crippen LogP contribution in [0.5, 0.6) is 0 Å². The lowest BCUT2D eigenvalue weighted by Gasteiger charge is -2.24. The number of aromatic amines is 2. The number of fused-ring (bicyclic) bond motifs is 1. The Bertz CT molecular complexity index is 1060. The molecule has 0 spiro atoms. The number of nitrogens with one attached hydrogen (secondary N) is 2. The number of rotatable bonds is 2. The van der Waals surface area contributed by atoms with Gasteiger partial charge in [-0.25, -0.2) is 0 Å². The van der Waals surface area contributed by atoms with E-state index >= 15 is 0 Å². The second-order valence-electron chi connectivity index (χ2n) is 6.08. The molecule has 1 aliphatic heterocycles. The van der Waals surface area contributed by atoms with E-state index in [1.165, 1.54) is 0 Å². The average molecular weight is 336 g/mol. The highest BCUT2D eigenvalue weighted by Crippen LogP contribution is 2.32. The minimum Gasteiger partial charge on any atom is -0.330 e. The first kappa shape index (κ1) is 15.3. The zero-order valence-corrected chi connectivity index (χ0v) is 13.4. The smallest absolute Gasteiger partial charge is 0.314 e. The van der Waals surface area contributed by atoms with E-state index in [2.05, 4.69) is 15.0 Å². The number of aromatic nitrogens is 3. The molecule has 7 nitrogen and oxygen atoms in total. The number of amides is 1. The number of carbonyl (C=O) groups excluding carboxylic acids is 1. The van der Waals surface area contributed by atoms with Gasteiger partial charge in [0.25, 0.3) is 5.91 Å². The summed E-state index contributed by atoms with van der Waals surface area (Å²) in [5.74, 6) is -0.109. The molecule has 0 radical (unpaired) electrons. The molecule has 2 aromatic heterocycles. The van der Waals surface area contributed by atoms with Crippen molar-refractivity contribution in [2.45, 2.75) is 18.9 Å². The summed E-state index contributed by atoms with van der Waals surface area (Å²) < 4.78 is 0. The number of likely N-dealkylation sites (tertiary alicyclic amines) is 1. The van der Waals surface area contributed by atoms with E-state index in [4.69, 9.17) is 0 Å². The second kappa shape index (κ2) is 6.01. The number of carbonyl (C=O) groups is 1. The Hall–Kier alpha value is -3.22. The first-order valence-corrected chi connectivity index (χ1v) is 8.12. The minimum absolute atomic E-state index is 0.0426. The molecule has 1 aromatic carbocycles. The van der Waals surface area contributed by atoms with Crippen molar-refractivity contribution >= 4 is 16.9 Å². The summed E-state index contributed by atoms with van der Waals surface area (Å²) >= 11 is 0. The van der Waals surface area contributed by atoms with Gasteiger partial charge in [0.15, 0.2) is 0 Å². The third-order valence-electron chi connectivity index (χ3n) is 4.51. The zero-order valence-electron chi connectivity index (χ0n) is 13.4. The van der Waals surface area contributed by atoms with Crippen LogP contribution in [0, 0.1) is 0 Å². The van der Waals surface area contributed by atoms with E-state index in [9.17, 15) is 14.4 Å². The van der Waals surface area contributed by atoms with Gasteiger partial charge in [-0.1, -0.05) is 6.07 Å². The molecule has 1 fully saturated rings. The van der Waals surface area contributed by atoms with Gasteiger partial charge in [0.2, 0.25) is 0 Å². The summed E-state index contributed by atoms with van der Waals surface area (Å²) in [7, 11) is 0. The molecule has 126 valence electrons. The number of pyridine rings is 1. The van der Waals surface area contributed by atoms with Crippen LogP contribution in [-0.4, -0.2) is 32.3 Å². The van der Waals surface area contributed by atoms with E-state index < -0.39 is 11.1 Å². The molecule has 0 saturated carbocycles. The van der Waals surface area contributed by atoms with Gasteiger partial charge in [-0.2, -0.15) is 0 Å². The third kappa shape index (κ3) is 2.73. The third-order valence-corrected chi connectivity index (χ3v) is 4.51. The number of hydrogen-bond donors (Lipinski definition) is 2. The van der Waals surface area contributed by atoms with E-state index in [1.54, 1.807) is 24.4 Å². The van der Waals surface area contributed by atoms with E-state index in [0.29, 0.717) is 23.1 Å². The van der Waals surface area contributed by atoms with Gasteiger partial charge in [-0.05, 0) is 43.2 Å². The van der Waals surface area contributed by atoms with Gasteiger partial charge in [-0.15, -0.1) is 0 Å². The highest BCUT2D eigenvalue weighted by molar-refractivity contribution is 5.97. The fourth-order valence-electron chi connectivity index (χ4n) is 3.30.